The molecule has 0 aliphatic rings. The molecule has 0 saturated heterocycles. The molecular formula is C8H19N. The lowest BCUT2D eigenvalue weighted by Gasteiger charge is -2.12. The van der Waals surface area contributed by atoms with Gasteiger partial charge in [-0.2, -0.15) is 0 Å². The van der Waals surface area contributed by atoms with E-state index in [4.69, 9.17) is 0 Å². The predicted molar refractivity (Wildman–Crippen MR) is 44.1 cm³/mol. The third-order valence-electron chi connectivity index (χ3n) is 1.06. The van der Waals surface area contributed by atoms with Gasteiger partial charge in [0.1, 0.15) is 0 Å². The molecule has 0 aromatic carbocycles. The van der Waals surface area contributed by atoms with Crippen molar-refractivity contribution in [3.63, 3.8) is 0 Å². The molecule has 0 aromatic heterocycles. The van der Waals surface area contributed by atoms with Crippen LogP contribution in [0.4, 0.5) is 0 Å². The first-order valence-electron chi connectivity index (χ1n) is 3.30. The lowest BCUT2D eigenvalue weighted by molar-refractivity contribution is 0.398. The van der Waals surface area contributed by atoms with Crippen LogP contribution in [0.15, 0.2) is 12.8 Å². The average molecular weight is 129 g/mol. The standard InChI is InChI=1S/C6H14.C2H5N/c1-5-6(2,3)4;1-2-3/h5H2,1-4H3;2H,1,3H2. The molecule has 0 rings (SSSR count). The SMILES string of the molecule is C=CN.CCC(C)(C)C. The third-order valence-corrected chi connectivity index (χ3v) is 1.06. The zero-order chi connectivity index (χ0) is 7.91. The van der Waals surface area contributed by atoms with Crippen molar-refractivity contribution in [1.29, 1.82) is 0 Å². The normalized spacial score (nSPS) is 9.33. The molecule has 0 radical (unpaired) electrons. The highest BCUT2D eigenvalue weighted by molar-refractivity contribution is 4.55. The van der Waals surface area contributed by atoms with Gasteiger partial charge in [-0.3, -0.25) is 0 Å². The van der Waals surface area contributed by atoms with Gasteiger partial charge in [-0.15, -0.1) is 0 Å². The number of hydrogen-bond acceptors (Lipinski definition) is 1. The lowest BCUT2D eigenvalue weighted by atomic mass is 9.94. The van der Waals surface area contributed by atoms with E-state index in [9.17, 15) is 0 Å². The monoisotopic (exact) mass is 129 g/mol. The molecule has 0 aliphatic carbocycles. The van der Waals surface area contributed by atoms with Crippen LogP contribution in [0.3, 0.4) is 0 Å². The van der Waals surface area contributed by atoms with Crippen LogP contribution in [-0.4, -0.2) is 0 Å². The van der Waals surface area contributed by atoms with E-state index in [1.54, 1.807) is 0 Å². The Hall–Kier alpha value is -0.460. The zero-order valence-corrected chi connectivity index (χ0v) is 7.07. The fourth-order valence-electron chi connectivity index (χ4n) is 0. The van der Waals surface area contributed by atoms with Gasteiger partial charge in [-0.1, -0.05) is 40.7 Å². The van der Waals surface area contributed by atoms with Crippen LogP contribution in [0.5, 0.6) is 0 Å². The molecule has 2 N–H and O–H groups in total. The van der Waals surface area contributed by atoms with Gasteiger partial charge in [0.2, 0.25) is 0 Å². The van der Waals surface area contributed by atoms with E-state index in [0.29, 0.717) is 5.41 Å². The summed E-state index contributed by atoms with van der Waals surface area (Å²) < 4.78 is 0. The maximum atomic E-state index is 4.61. The van der Waals surface area contributed by atoms with Gasteiger partial charge in [-0.05, 0) is 11.6 Å². The average Bonchev–Trinajstić information content (AvgIpc) is 1.67. The molecule has 0 amide bonds. The number of hydrogen-bond donors (Lipinski definition) is 1. The van der Waals surface area contributed by atoms with Gasteiger partial charge in [-0.25, -0.2) is 0 Å². The highest BCUT2D eigenvalue weighted by atomic mass is 14.5. The first kappa shape index (κ1) is 11.4. The molecule has 0 unspecified atom stereocenters. The molecule has 0 saturated carbocycles. The first-order chi connectivity index (χ1) is 3.97. The summed E-state index contributed by atoms with van der Waals surface area (Å²) in [4.78, 5) is 0. The quantitative estimate of drug-likeness (QED) is 0.534. The van der Waals surface area contributed by atoms with E-state index in [0.717, 1.165) is 0 Å². The fourth-order valence-corrected chi connectivity index (χ4v) is 0. The summed E-state index contributed by atoms with van der Waals surface area (Å²) in [6.07, 6.45) is 2.52. The van der Waals surface area contributed by atoms with Gasteiger partial charge in [0, 0.05) is 0 Å². The molecule has 0 atom stereocenters. The number of rotatable bonds is 0. The van der Waals surface area contributed by atoms with E-state index >= 15 is 0 Å². The molecule has 0 aliphatic heterocycles. The van der Waals surface area contributed by atoms with Crippen molar-refractivity contribution in [2.75, 3.05) is 0 Å². The highest BCUT2D eigenvalue weighted by Gasteiger charge is 2.03. The molecule has 0 fully saturated rings. The van der Waals surface area contributed by atoms with E-state index in [2.05, 4.69) is 40.0 Å². The molecule has 0 spiro atoms. The third kappa shape index (κ3) is 35.9. The van der Waals surface area contributed by atoms with Gasteiger partial charge in [0.15, 0.2) is 0 Å². The summed E-state index contributed by atoms with van der Waals surface area (Å²) >= 11 is 0. The van der Waals surface area contributed by atoms with Crippen molar-refractivity contribution >= 4 is 0 Å². The van der Waals surface area contributed by atoms with E-state index in [1.807, 2.05) is 0 Å². The Kier molecular flexibility index (Phi) is 7.15. The van der Waals surface area contributed by atoms with E-state index < -0.39 is 0 Å². The molecule has 1 heteroatoms. The van der Waals surface area contributed by atoms with Crippen molar-refractivity contribution in [2.24, 2.45) is 11.1 Å². The summed E-state index contributed by atoms with van der Waals surface area (Å²) in [6.45, 7) is 12.1. The maximum Gasteiger partial charge on any atom is -0.0136 e. The van der Waals surface area contributed by atoms with Crippen LogP contribution in [0.1, 0.15) is 34.1 Å². The predicted octanol–water partition coefficient (Wildman–Crippen LogP) is 2.53. The Bertz CT molecular complexity index is 59.5. The van der Waals surface area contributed by atoms with Gasteiger partial charge >= 0.3 is 0 Å². The summed E-state index contributed by atoms with van der Waals surface area (Å²) in [5.74, 6) is 0. The van der Waals surface area contributed by atoms with Gasteiger partial charge in [0.25, 0.3) is 0 Å². The minimum Gasteiger partial charge on any atom is -0.405 e. The minimum atomic E-state index is 0.542. The Balaban J connectivity index is 0. The second kappa shape index (κ2) is 5.67. The molecule has 0 aromatic rings. The molecular weight excluding hydrogens is 110 g/mol. The highest BCUT2D eigenvalue weighted by Crippen LogP contribution is 2.16. The van der Waals surface area contributed by atoms with Crippen LogP contribution in [0, 0.1) is 5.41 Å². The number of nitrogens with two attached hydrogens (primary N) is 1. The summed E-state index contributed by atoms with van der Waals surface area (Å²) in [7, 11) is 0. The van der Waals surface area contributed by atoms with Crippen LogP contribution in [0.2, 0.25) is 0 Å². The van der Waals surface area contributed by atoms with Crippen LogP contribution in [-0.2, 0) is 0 Å². The topological polar surface area (TPSA) is 26.0 Å². The Labute approximate surface area is 58.9 Å². The van der Waals surface area contributed by atoms with Crippen molar-refractivity contribution in [1.82, 2.24) is 0 Å². The van der Waals surface area contributed by atoms with E-state index in [1.165, 1.54) is 12.6 Å². The van der Waals surface area contributed by atoms with Crippen molar-refractivity contribution in [2.45, 2.75) is 34.1 Å². The largest absolute Gasteiger partial charge is 0.405 e. The Morgan fingerprint density at radius 3 is 1.56 bits per heavy atom. The molecule has 0 heterocycles. The lowest BCUT2D eigenvalue weighted by Crippen LogP contribution is -2.00. The second-order valence-electron chi connectivity index (χ2n) is 3.15. The molecule has 1 nitrogen and oxygen atoms in total. The maximum absolute atomic E-state index is 4.61. The first-order valence-corrected chi connectivity index (χ1v) is 3.30. The van der Waals surface area contributed by atoms with Gasteiger partial charge in [0.05, 0.1) is 0 Å². The van der Waals surface area contributed by atoms with Crippen molar-refractivity contribution in [3.8, 4) is 0 Å². The minimum absolute atomic E-state index is 0.542. The summed E-state index contributed by atoms with van der Waals surface area (Å²) in [5, 5.41) is 0. The summed E-state index contributed by atoms with van der Waals surface area (Å²) in [6, 6.07) is 0. The van der Waals surface area contributed by atoms with Crippen LogP contribution >= 0.6 is 0 Å². The molecule has 0 bridgehead atoms. The zero-order valence-electron chi connectivity index (χ0n) is 7.07. The van der Waals surface area contributed by atoms with Crippen LogP contribution < -0.4 is 5.73 Å². The summed E-state index contributed by atoms with van der Waals surface area (Å²) in [5.41, 5.74) is 5.15. The molecule has 9 heavy (non-hydrogen) atoms. The van der Waals surface area contributed by atoms with Gasteiger partial charge < -0.3 is 5.73 Å². The Morgan fingerprint density at radius 2 is 1.56 bits per heavy atom. The van der Waals surface area contributed by atoms with Crippen LogP contribution in [0.25, 0.3) is 0 Å². The second-order valence-corrected chi connectivity index (χ2v) is 3.15. The fraction of sp³-hybridized carbons (Fsp3) is 0.750. The van der Waals surface area contributed by atoms with E-state index in [-0.39, 0.29) is 0 Å². The Morgan fingerprint density at radius 1 is 1.44 bits per heavy atom. The van der Waals surface area contributed by atoms with Crippen molar-refractivity contribution in [3.05, 3.63) is 12.8 Å². The smallest absolute Gasteiger partial charge is 0.0136 e. The molecule has 56 valence electrons. The van der Waals surface area contributed by atoms with Crippen molar-refractivity contribution < 1.29 is 0 Å².